The minimum Gasteiger partial charge on any atom is -0.248 e. The lowest BCUT2D eigenvalue weighted by atomic mass is 9.84. The Morgan fingerprint density at radius 2 is 0.558 bits per heavy atom. The Balaban J connectivity index is 7.44. The maximum absolute atomic E-state index is 13.6. The van der Waals surface area contributed by atoms with Crippen molar-refractivity contribution in [2.24, 2.45) is 0 Å². The third-order valence-corrected chi connectivity index (χ3v) is 4.96. The van der Waals surface area contributed by atoms with E-state index in [-0.39, 0.29) is 0 Å². The van der Waals surface area contributed by atoms with Crippen LogP contribution in [-0.2, 0) is 9.74 Å². The molecule has 0 aliphatic carbocycles. The van der Waals surface area contributed by atoms with Crippen molar-refractivity contribution in [2.75, 3.05) is 0 Å². The summed E-state index contributed by atoms with van der Waals surface area (Å²) in [6.45, 7) is 0. The lowest BCUT2D eigenvalue weighted by molar-refractivity contribution is -0.479. The van der Waals surface area contributed by atoms with E-state index >= 15 is 0 Å². The zero-order valence-electron chi connectivity index (χ0n) is 18.1. The Kier molecular flexibility index (Phi) is 9.48. The van der Waals surface area contributed by atoms with Gasteiger partial charge in [0.2, 0.25) is 0 Å². The molecule has 0 unspecified atom stereocenters. The Labute approximate surface area is 213 Å². The summed E-state index contributed by atoms with van der Waals surface area (Å²) in [5, 5.41) is 0. The average molecular weight is 714 g/mol. The first-order valence-electron chi connectivity index (χ1n) is 8.82. The Morgan fingerprint density at radius 1 is 0.372 bits per heavy atom. The summed E-state index contributed by atoms with van der Waals surface area (Å²) in [5.74, 6) is -115. The van der Waals surface area contributed by atoms with Crippen LogP contribution < -0.4 is 0 Å². The van der Waals surface area contributed by atoms with Crippen LogP contribution in [0.4, 0.5) is 119 Å². The maximum Gasteiger partial charge on any atom is 0.424 e. The molecule has 0 fully saturated rings. The van der Waals surface area contributed by atoms with Crippen LogP contribution in [0.3, 0.4) is 0 Å². The molecule has 0 aromatic heterocycles. The molecule has 0 aromatic carbocycles. The number of rotatable bonds is 13. The van der Waals surface area contributed by atoms with Gasteiger partial charge >= 0.3 is 83.5 Å². The standard InChI is InChI=1S/C14HF27O2/c15-1(16)3(17,18)5(21,22)7(25,26)9(29,30)11(33,34)13(37,38)14(39,40)12(35,36)10(31,32)8(27,28)6(23,24)4(19,20)2(42)43-41/h1H. The number of halogens is 27. The molecule has 0 aliphatic rings. The van der Waals surface area contributed by atoms with Crippen LogP contribution in [0, 0.1) is 0 Å². The van der Waals surface area contributed by atoms with Crippen LogP contribution in [0.2, 0.25) is 0 Å². The van der Waals surface area contributed by atoms with E-state index in [1.165, 1.54) is 4.94 Å². The summed E-state index contributed by atoms with van der Waals surface area (Å²) >= 11 is 0. The normalized spacial score (nSPS) is 16.6. The molecular formula is C14HF27O2. The smallest absolute Gasteiger partial charge is 0.248 e. The first-order valence-corrected chi connectivity index (χ1v) is 8.82. The van der Waals surface area contributed by atoms with Gasteiger partial charge in [-0.25, -0.2) is 18.5 Å². The predicted octanol–water partition coefficient (Wildman–Crippen LogP) is 8.30. The first kappa shape index (κ1) is 40.6. The molecule has 2 nitrogen and oxygen atoms in total. The molecule has 0 saturated carbocycles. The van der Waals surface area contributed by atoms with E-state index in [1.807, 2.05) is 0 Å². The van der Waals surface area contributed by atoms with Crippen molar-refractivity contribution in [1.82, 2.24) is 0 Å². The van der Waals surface area contributed by atoms with Crippen molar-refractivity contribution in [3.05, 3.63) is 0 Å². The van der Waals surface area contributed by atoms with Gasteiger partial charge in [0.15, 0.2) is 0 Å². The summed E-state index contributed by atoms with van der Waals surface area (Å²) in [6.07, 6.45) is -6.36. The van der Waals surface area contributed by atoms with Crippen molar-refractivity contribution >= 4 is 5.97 Å². The fraction of sp³-hybridized carbons (Fsp3) is 0.929. The average Bonchev–Trinajstić information content (AvgIpc) is 2.81. The highest BCUT2D eigenvalue weighted by Crippen LogP contribution is 2.68. The van der Waals surface area contributed by atoms with E-state index in [1.54, 1.807) is 0 Å². The molecular weight excluding hydrogens is 713 g/mol. The second kappa shape index (κ2) is 10.0. The van der Waals surface area contributed by atoms with E-state index in [9.17, 15) is 123 Å². The molecule has 0 amide bonds. The summed E-state index contributed by atoms with van der Waals surface area (Å²) < 4.78 is 355. The van der Waals surface area contributed by atoms with Crippen molar-refractivity contribution in [1.29, 1.82) is 0 Å². The molecule has 0 N–H and O–H groups in total. The minimum atomic E-state index is -9.79. The van der Waals surface area contributed by atoms with Gasteiger partial charge in [-0.05, 0) is 0 Å². The fourth-order valence-electron chi connectivity index (χ4n) is 2.30. The Bertz CT molecular complexity index is 1040. The predicted molar refractivity (Wildman–Crippen MR) is 72.6 cm³/mol. The van der Waals surface area contributed by atoms with E-state index < -0.39 is 83.5 Å². The summed E-state index contributed by atoms with van der Waals surface area (Å²) in [4.78, 5) is 11.3. The topological polar surface area (TPSA) is 26.3 Å². The van der Waals surface area contributed by atoms with Crippen LogP contribution in [0.25, 0.3) is 0 Å². The van der Waals surface area contributed by atoms with Gasteiger partial charge in [0, 0.05) is 4.53 Å². The molecule has 0 aromatic rings. The third kappa shape index (κ3) is 4.57. The molecule has 0 aliphatic heterocycles. The molecule has 0 heterocycles. The van der Waals surface area contributed by atoms with Crippen molar-refractivity contribution in [3.8, 4) is 0 Å². The highest BCUT2D eigenvalue weighted by Gasteiger charge is 3.00. The van der Waals surface area contributed by atoms with Crippen LogP contribution in [-0.4, -0.2) is 83.5 Å². The number of hydrogen-bond donors (Lipinski definition) is 0. The quantitative estimate of drug-likeness (QED) is 0.180. The number of carbonyl (C=O) groups is 1. The molecule has 258 valence electrons. The zero-order valence-corrected chi connectivity index (χ0v) is 18.1. The van der Waals surface area contributed by atoms with Gasteiger partial charge < -0.3 is 0 Å². The van der Waals surface area contributed by atoms with Crippen molar-refractivity contribution in [2.45, 2.75) is 77.5 Å². The van der Waals surface area contributed by atoms with E-state index in [0.29, 0.717) is 0 Å². The SMILES string of the molecule is O=C(OF)C(F)(F)C(F)(F)C(F)(F)C(F)(F)C(F)(F)C(F)(F)C(F)(F)C(F)(F)C(F)(F)C(F)(F)C(F)(F)C(F)(F)C(F)F. The Morgan fingerprint density at radius 3 is 0.744 bits per heavy atom. The highest BCUT2D eigenvalue weighted by atomic mass is 19.4. The van der Waals surface area contributed by atoms with Gasteiger partial charge in [0.25, 0.3) is 0 Å². The molecule has 0 spiro atoms. The lowest BCUT2D eigenvalue weighted by Gasteiger charge is -2.45. The molecule has 0 atom stereocenters. The minimum absolute atomic E-state index is 1.18. The Hall–Kier alpha value is -2.42. The van der Waals surface area contributed by atoms with Crippen LogP contribution >= 0.6 is 0 Å². The lowest BCUT2D eigenvalue weighted by Crippen LogP contribution is -2.78. The van der Waals surface area contributed by atoms with Gasteiger partial charge in [-0.2, -0.15) is 105 Å². The van der Waals surface area contributed by atoms with E-state index in [0.717, 1.165) is 0 Å². The molecule has 0 rings (SSSR count). The molecule has 29 heteroatoms. The molecule has 0 saturated heterocycles. The third-order valence-electron chi connectivity index (χ3n) is 4.96. The largest absolute Gasteiger partial charge is 0.424 e. The first-order chi connectivity index (χ1) is 18.2. The van der Waals surface area contributed by atoms with Crippen LogP contribution in [0.15, 0.2) is 0 Å². The monoisotopic (exact) mass is 714 g/mol. The molecule has 43 heavy (non-hydrogen) atoms. The van der Waals surface area contributed by atoms with Crippen molar-refractivity contribution < 1.29 is 128 Å². The second-order valence-electron chi connectivity index (χ2n) is 7.61. The van der Waals surface area contributed by atoms with Gasteiger partial charge in [0.05, 0.1) is 0 Å². The summed E-state index contributed by atoms with van der Waals surface area (Å²) in [7, 11) is 0. The number of alkyl halides is 26. The van der Waals surface area contributed by atoms with E-state index in [4.69, 9.17) is 0 Å². The maximum atomic E-state index is 13.6. The molecule has 0 radical (unpaired) electrons. The van der Waals surface area contributed by atoms with Gasteiger partial charge in [-0.15, -0.1) is 0 Å². The van der Waals surface area contributed by atoms with Gasteiger partial charge in [-0.1, -0.05) is 0 Å². The van der Waals surface area contributed by atoms with Crippen LogP contribution in [0.5, 0.6) is 0 Å². The van der Waals surface area contributed by atoms with Gasteiger partial charge in [0.1, 0.15) is 0 Å². The molecule has 0 bridgehead atoms. The highest BCUT2D eigenvalue weighted by molar-refractivity contribution is 5.78. The van der Waals surface area contributed by atoms with E-state index in [2.05, 4.69) is 0 Å². The number of carbonyl (C=O) groups excluding carboxylic acids is 1. The zero-order chi connectivity index (χ0) is 35.9. The van der Waals surface area contributed by atoms with Crippen molar-refractivity contribution in [3.63, 3.8) is 0 Å². The van der Waals surface area contributed by atoms with Gasteiger partial charge in [-0.3, -0.25) is 0 Å². The summed E-state index contributed by atoms with van der Waals surface area (Å²) in [5.41, 5.74) is 0. The van der Waals surface area contributed by atoms with Crippen LogP contribution in [0.1, 0.15) is 0 Å². The second-order valence-corrected chi connectivity index (χ2v) is 7.61. The fourth-order valence-corrected chi connectivity index (χ4v) is 2.30. The summed E-state index contributed by atoms with van der Waals surface area (Å²) in [6, 6.07) is 0. The number of hydrogen-bond acceptors (Lipinski definition) is 2.